The first-order valence-electron chi connectivity index (χ1n) is 10.2. The highest BCUT2D eigenvalue weighted by molar-refractivity contribution is 5.79. The summed E-state index contributed by atoms with van der Waals surface area (Å²) in [6, 6.07) is 7.90. The lowest BCUT2D eigenvalue weighted by atomic mass is 9.79. The van der Waals surface area contributed by atoms with Crippen LogP contribution in [-0.2, 0) is 20.7 Å². The molecule has 148 valence electrons. The van der Waals surface area contributed by atoms with E-state index >= 15 is 0 Å². The molecule has 1 aromatic carbocycles. The maximum atomic E-state index is 13.1. The van der Waals surface area contributed by atoms with Crippen molar-refractivity contribution in [3.63, 3.8) is 0 Å². The van der Waals surface area contributed by atoms with Gasteiger partial charge in [0.05, 0.1) is 31.3 Å². The predicted octanol–water partition coefficient (Wildman–Crippen LogP) is 3.20. The number of methoxy groups -OCH3 is 2. The van der Waals surface area contributed by atoms with Crippen LogP contribution in [0.4, 0.5) is 0 Å². The molecule has 1 amide bonds. The number of ether oxygens (including phenoxy) is 3. The Labute approximate surface area is 162 Å². The summed E-state index contributed by atoms with van der Waals surface area (Å²) in [5, 5.41) is 0. The minimum absolute atomic E-state index is 0.131. The van der Waals surface area contributed by atoms with Crippen LogP contribution in [0.2, 0.25) is 0 Å². The van der Waals surface area contributed by atoms with E-state index < -0.39 is 0 Å². The summed E-state index contributed by atoms with van der Waals surface area (Å²) >= 11 is 0. The lowest BCUT2D eigenvalue weighted by Gasteiger charge is -2.43. The number of rotatable bonds is 7. The zero-order valence-corrected chi connectivity index (χ0v) is 16.5. The van der Waals surface area contributed by atoms with Crippen molar-refractivity contribution in [2.45, 2.75) is 62.7 Å². The molecule has 3 aliphatic rings. The van der Waals surface area contributed by atoms with E-state index in [2.05, 4.69) is 4.90 Å². The summed E-state index contributed by atoms with van der Waals surface area (Å²) in [5.41, 5.74) is 0.836. The fraction of sp³-hybridized carbons (Fsp3) is 0.682. The van der Waals surface area contributed by atoms with Crippen molar-refractivity contribution in [2.75, 3.05) is 27.4 Å². The monoisotopic (exact) mass is 373 g/mol. The number of carbonyl (C=O) groups excluding carboxylic acids is 1. The summed E-state index contributed by atoms with van der Waals surface area (Å²) in [4.78, 5) is 15.1. The van der Waals surface area contributed by atoms with Crippen LogP contribution in [0.15, 0.2) is 24.3 Å². The quantitative estimate of drug-likeness (QED) is 0.736. The van der Waals surface area contributed by atoms with Crippen LogP contribution >= 0.6 is 0 Å². The van der Waals surface area contributed by atoms with Crippen LogP contribution in [0.25, 0.3) is 0 Å². The van der Waals surface area contributed by atoms with Gasteiger partial charge >= 0.3 is 0 Å². The largest absolute Gasteiger partial charge is 0.497 e. The molecule has 5 heteroatoms. The van der Waals surface area contributed by atoms with E-state index in [1.165, 1.54) is 12.8 Å². The van der Waals surface area contributed by atoms with Gasteiger partial charge in [-0.2, -0.15) is 0 Å². The second-order valence-electron chi connectivity index (χ2n) is 8.32. The highest BCUT2D eigenvalue weighted by Gasteiger charge is 2.52. The van der Waals surface area contributed by atoms with Crippen LogP contribution in [0.5, 0.6) is 5.75 Å². The number of nitrogens with zero attached hydrogens (tertiary/aromatic N) is 1. The Hall–Kier alpha value is -1.59. The minimum atomic E-state index is -0.186. The first-order valence-corrected chi connectivity index (χ1v) is 10.2. The fourth-order valence-corrected chi connectivity index (χ4v) is 4.69. The molecule has 0 aromatic heterocycles. The van der Waals surface area contributed by atoms with E-state index in [0.717, 1.165) is 56.1 Å². The van der Waals surface area contributed by atoms with Crippen molar-refractivity contribution in [1.82, 2.24) is 4.90 Å². The van der Waals surface area contributed by atoms with Crippen molar-refractivity contribution in [3.8, 4) is 5.75 Å². The van der Waals surface area contributed by atoms with Gasteiger partial charge in [-0.15, -0.1) is 0 Å². The van der Waals surface area contributed by atoms with Gasteiger partial charge in [0.25, 0.3) is 0 Å². The molecule has 0 bridgehead atoms. The van der Waals surface area contributed by atoms with Gasteiger partial charge in [-0.1, -0.05) is 12.1 Å². The second kappa shape index (κ2) is 7.80. The molecule has 27 heavy (non-hydrogen) atoms. The Morgan fingerprint density at radius 3 is 2.59 bits per heavy atom. The third kappa shape index (κ3) is 3.99. The van der Waals surface area contributed by atoms with Crippen LogP contribution < -0.4 is 4.74 Å². The third-order valence-electron chi connectivity index (χ3n) is 6.64. The van der Waals surface area contributed by atoms with Crippen molar-refractivity contribution >= 4 is 5.91 Å². The summed E-state index contributed by atoms with van der Waals surface area (Å²) in [5.74, 6) is 1.77. The summed E-state index contributed by atoms with van der Waals surface area (Å²) < 4.78 is 17.4. The van der Waals surface area contributed by atoms with Gasteiger partial charge in [-0.05, 0) is 62.1 Å². The number of fused-ring (bicyclic) bond motifs is 1. The number of benzene rings is 1. The van der Waals surface area contributed by atoms with Gasteiger partial charge in [0.2, 0.25) is 5.91 Å². The minimum Gasteiger partial charge on any atom is -0.497 e. The first-order chi connectivity index (χ1) is 13.1. The maximum Gasteiger partial charge on any atom is 0.227 e. The number of hydrogen-bond donors (Lipinski definition) is 0. The predicted molar refractivity (Wildman–Crippen MR) is 103 cm³/mol. The van der Waals surface area contributed by atoms with E-state index in [-0.39, 0.29) is 23.7 Å². The van der Waals surface area contributed by atoms with Gasteiger partial charge in [-0.3, -0.25) is 4.79 Å². The second-order valence-corrected chi connectivity index (χ2v) is 8.32. The van der Waals surface area contributed by atoms with Gasteiger partial charge in [0, 0.05) is 20.3 Å². The molecule has 0 N–H and O–H groups in total. The Morgan fingerprint density at radius 1 is 1.15 bits per heavy atom. The number of hydrogen-bond acceptors (Lipinski definition) is 4. The Balaban J connectivity index is 1.41. The summed E-state index contributed by atoms with van der Waals surface area (Å²) in [7, 11) is 3.45. The average Bonchev–Trinajstić information content (AvgIpc) is 3.45. The number of carbonyl (C=O) groups is 1. The molecule has 2 saturated carbocycles. The van der Waals surface area contributed by atoms with Gasteiger partial charge in [0.1, 0.15) is 5.75 Å². The lowest BCUT2D eigenvalue weighted by molar-refractivity contribution is -0.141. The van der Waals surface area contributed by atoms with Crippen LogP contribution in [0.3, 0.4) is 0 Å². The number of amides is 1. The first kappa shape index (κ1) is 18.8. The Kier molecular flexibility index (Phi) is 5.42. The molecular formula is C22H31NO4. The zero-order valence-electron chi connectivity index (χ0n) is 16.5. The van der Waals surface area contributed by atoms with E-state index in [9.17, 15) is 4.79 Å². The highest BCUT2D eigenvalue weighted by atomic mass is 16.5. The molecule has 0 radical (unpaired) electrons. The van der Waals surface area contributed by atoms with E-state index in [1.54, 1.807) is 14.2 Å². The molecule has 0 spiro atoms. The molecule has 0 unspecified atom stereocenters. The standard InChI is InChI=1S/C22H31NO4/c1-25-18-7-5-16(6-8-18)13-21(24)23-12-11-22(26-2)10-9-19(14-20(22)23)27-15-17-3-4-17/h5-8,17,19-20H,3-4,9-15H2,1-2H3/t19-,20+,22-/m1/s1. The molecule has 1 saturated heterocycles. The van der Waals surface area contributed by atoms with E-state index in [4.69, 9.17) is 14.2 Å². The van der Waals surface area contributed by atoms with Crippen LogP contribution in [0.1, 0.15) is 44.1 Å². The number of likely N-dealkylation sites (tertiary alicyclic amines) is 1. The molecule has 1 aromatic rings. The Morgan fingerprint density at radius 2 is 1.93 bits per heavy atom. The molecule has 1 aliphatic heterocycles. The van der Waals surface area contributed by atoms with Crippen LogP contribution in [-0.4, -0.2) is 55.9 Å². The summed E-state index contributed by atoms with van der Waals surface area (Å²) in [6.07, 6.45) is 7.15. The smallest absolute Gasteiger partial charge is 0.227 e. The molecule has 4 rings (SSSR count). The lowest BCUT2D eigenvalue weighted by Crippen LogP contribution is -2.53. The zero-order chi connectivity index (χ0) is 18.9. The highest BCUT2D eigenvalue weighted by Crippen LogP contribution is 2.44. The van der Waals surface area contributed by atoms with Gasteiger partial charge < -0.3 is 19.1 Å². The molecule has 2 aliphatic carbocycles. The van der Waals surface area contributed by atoms with E-state index in [1.807, 2.05) is 24.3 Å². The molecule has 3 fully saturated rings. The van der Waals surface area contributed by atoms with E-state index in [0.29, 0.717) is 6.42 Å². The maximum absolute atomic E-state index is 13.1. The molecule has 3 atom stereocenters. The van der Waals surface area contributed by atoms with Crippen molar-refractivity contribution in [2.24, 2.45) is 5.92 Å². The molecule has 5 nitrogen and oxygen atoms in total. The molecular weight excluding hydrogens is 342 g/mol. The fourth-order valence-electron chi connectivity index (χ4n) is 4.69. The van der Waals surface area contributed by atoms with Crippen molar-refractivity contribution in [1.29, 1.82) is 0 Å². The SMILES string of the molecule is COc1ccc(CC(=O)N2CC[C@]3(OC)CC[C@@H](OCC4CC4)C[C@H]23)cc1. The third-order valence-corrected chi connectivity index (χ3v) is 6.64. The van der Waals surface area contributed by atoms with Crippen LogP contribution in [0, 0.1) is 5.92 Å². The van der Waals surface area contributed by atoms with Crippen molar-refractivity contribution < 1.29 is 19.0 Å². The normalized spacial score (nSPS) is 30.2. The average molecular weight is 373 g/mol. The topological polar surface area (TPSA) is 48.0 Å². The van der Waals surface area contributed by atoms with Gasteiger partial charge in [-0.25, -0.2) is 0 Å². The summed E-state index contributed by atoms with van der Waals surface area (Å²) in [6.45, 7) is 1.67. The van der Waals surface area contributed by atoms with Gasteiger partial charge in [0.15, 0.2) is 0 Å². The molecule has 1 heterocycles. The Bertz CT molecular complexity index is 657. The van der Waals surface area contributed by atoms with Crippen molar-refractivity contribution in [3.05, 3.63) is 29.8 Å².